The maximum absolute atomic E-state index is 11.9. The number of allylic oxidation sites excluding steroid dienone is 8. The van der Waals surface area contributed by atoms with Gasteiger partial charge in [-0.05, 0) is 31.8 Å². The predicted octanol–water partition coefficient (Wildman–Crippen LogP) is 5.01. The molecule has 0 aliphatic heterocycles. The normalized spacial score (nSPS) is 19.6. The number of hydrogen-bond acceptors (Lipinski definition) is 2. The van der Waals surface area contributed by atoms with Crippen LogP contribution in [0, 0.1) is 5.92 Å². The quantitative estimate of drug-likeness (QED) is 0.331. The third-order valence-electron chi connectivity index (χ3n) is 3.84. The van der Waals surface area contributed by atoms with Gasteiger partial charge in [-0.25, -0.2) is 0 Å². The minimum atomic E-state index is -0.768. The minimum absolute atomic E-state index is 0.0702. The van der Waals surface area contributed by atoms with Crippen LogP contribution in [0.2, 0.25) is 0 Å². The summed E-state index contributed by atoms with van der Waals surface area (Å²) in [6.07, 6.45) is 21.1. The van der Waals surface area contributed by atoms with Gasteiger partial charge in [-0.2, -0.15) is 0 Å². The zero-order valence-electron chi connectivity index (χ0n) is 14.0. The maximum Gasteiger partial charge on any atom is 0.303 e. The van der Waals surface area contributed by atoms with Crippen molar-refractivity contribution >= 4 is 11.8 Å². The van der Waals surface area contributed by atoms with Gasteiger partial charge in [0.2, 0.25) is 0 Å². The number of carboxylic acid groups (broad SMARTS) is 1. The van der Waals surface area contributed by atoms with E-state index in [0.717, 1.165) is 18.4 Å². The van der Waals surface area contributed by atoms with Gasteiger partial charge >= 0.3 is 5.97 Å². The fourth-order valence-corrected chi connectivity index (χ4v) is 2.49. The average molecular weight is 316 g/mol. The SMILES string of the molecule is CCCCCC/C=C/C1C=CC(=O)/C1=C\C=C\CCCC(=O)O. The van der Waals surface area contributed by atoms with Gasteiger partial charge in [0.1, 0.15) is 0 Å². The maximum atomic E-state index is 11.9. The average Bonchev–Trinajstić information content (AvgIpc) is 2.86. The second kappa shape index (κ2) is 11.6. The Kier molecular flexibility index (Phi) is 9.69. The predicted molar refractivity (Wildman–Crippen MR) is 94.2 cm³/mol. The Bertz CT molecular complexity index is 495. The highest BCUT2D eigenvalue weighted by molar-refractivity contribution is 6.07. The lowest BCUT2D eigenvalue weighted by Gasteiger charge is -2.03. The van der Waals surface area contributed by atoms with E-state index in [1.54, 1.807) is 6.08 Å². The van der Waals surface area contributed by atoms with Gasteiger partial charge in [-0.3, -0.25) is 9.59 Å². The highest BCUT2D eigenvalue weighted by Gasteiger charge is 2.19. The summed E-state index contributed by atoms with van der Waals surface area (Å²) in [4.78, 5) is 22.3. The molecule has 0 fully saturated rings. The first-order valence-corrected chi connectivity index (χ1v) is 8.63. The summed E-state index contributed by atoms with van der Waals surface area (Å²) in [6.45, 7) is 2.21. The number of rotatable bonds is 11. The van der Waals surface area contributed by atoms with E-state index in [0.29, 0.717) is 6.42 Å². The first-order valence-electron chi connectivity index (χ1n) is 8.63. The summed E-state index contributed by atoms with van der Waals surface area (Å²) >= 11 is 0. The Morgan fingerprint density at radius 1 is 1.17 bits per heavy atom. The molecule has 1 atom stereocenters. The molecule has 1 unspecified atom stereocenters. The zero-order chi connectivity index (χ0) is 16.9. The van der Waals surface area contributed by atoms with Gasteiger partial charge in [0.05, 0.1) is 0 Å². The third kappa shape index (κ3) is 8.34. The second-order valence-electron chi connectivity index (χ2n) is 5.86. The lowest BCUT2D eigenvalue weighted by atomic mass is 10.00. The molecular weight excluding hydrogens is 288 g/mol. The van der Waals surface area contributed by atoms with E-state index in [1.807, 2.05) is 24.3 Å². The fourth-order valence-electron chi connectivity index (χ4n) is 2.49. The Morgan fingerprint density at radius 2 is 1.96 bits per heavy atom. The first-order chi connectivity index (χ1) is 11.1. The van der Waals surface area contributed by atoms with Crippen molar-refractivity contribution in [2.75, 3.05) is 0 Å². The highest BCUT2D eigenvalue weighted by Crippen LogP contribution is 2.23. The molecule has 3 nitrogen and oxygen atoms in total. The zero-order valence-corrected chi connectivity index (χ0v) is 14.0. The van der Waals surface area contributed by atoms with Crippen LogP contribution in [0.4, 0.5) is 0 Å². The summed E-state index contributed by atoms with van der Waals surface area (Å²) in [5.41, 5.74) is 0.796. The van der Waals surface area contributed by atoms with Crippen LogP contribution in [-0.2, 0) is 9.59 Å². The molecule has 0 amide bonds. The molecule has 0 aromatic rings. The molecule has 0 saturated carbocycles. The van der Waals surface area contributed by atoms with Crippen molar-refractivity contribution in [2.45, 2.75) is 58.3 Å². The van der Waals surface area contributed by atoms with E-state index in [9.17, 15) is 9.59 Å². The van der Waals surface area contributed by atoms with Gasteiger partial charge in [-0.1, -0.05) is 62.6 Å². The first kappa shape index (κ1) is 19.1. The molecule has 23 heavy (non-hydrogen) atoms. The van der Waals surface area contributed by atoms with E-state index in [4.69, 9.17) is 5.11 Å². The number of carbonyl (C=O) groups is 2. The molecule has 0 spiro atoms. The monoisotopic (exact) mass is 316 g/mol. The minimum Gasteiger partial charge on any atom is -0.481 e. The Hall–Kier alpha value is -1.90. The van der Waals surface area contributed by atoms with Crippen molar-refractivity contribution in [3.05, 3.63) is 48.1 Å². The molecule has 0 heterocycles. The van der Waals surface area contributed by atoms with Gasteiger partial charge in [0.25, 0.3) is 0 Å². The molecule has 1 rings (SSSR count). The van der Waals surface area contributed by atoms with Crippen LogP contribution in [0.1, 0.15) is 58.3 Å². The largest absolute Gasteiger partial charge is 0.481 e. The molecule has 0 saturated heterocycles. The summed E-state index contributed by atoms with van der Waals surface area (Å²) < 4.78 is 0. The molecule has 1 aliphatic carbocycles. The van der Waals surface area contributed by atoms with Crippen LogP contribution in [-0.4, -0.2) is 16.9 Å². The highest BCUT2D eigenvalue weighted by atomic mass is 16.4. The van der Waals surface area contributed by atoms with Crippen molar-refractivity contribution in [3.63, 3.8) is 0 Å². The van der Waals surface area contributed by atoms with E-state index < -0.39 is 5.97 Å². The number of aliphatic carboxylic acids is 1. The van der Waals surface area contributed by atoms with Crippen molar-refractivity contribution in [3.8, 4) is 0 Å². The third-order valence-corrected chi connectivity index (χ3v) is 3.84. The van der Waals surface area contributed by atoms with Crippen LogP contribution >= 0.6 is 0 Å². The molecule has 126 valence electrons. The molecule has 0 aromatic heterocycles. The molecule has 0 bridgehead atoms. The fraction of sp³-hybridized carbons (Fsp3) is 0.500. The Labute approximate surface area is 139 Å². The van der Waals surface area contributed by atoms with Gasteiger partial charge in [0.15, 0.2) is 5.78 Å². The van der Waals surface area contributed by atoms with Crippen molar-refractivity contribution in [2.24, 2.45) is 5.92 Å². The molecule has 1 aliphatic rings. The van der Waals surface area contributed by atoms with Gasteiger partial charge in [-0.15, -0.1) is 0 Å². The van der Waals surface area contributed by atoms with E-state index >= 15 is 0 Å². The van der Waals surface area contributed by atoms with Crippen molar-refractivity contribution in [1.29, 1.82) is 0 Å². The molecule has 0 radical (unpaired) electrons. The Balaban J connectivity index is 2.40. The van der Waals surface area contributed by atoms with Crippen molar-refractivity contribution < 1.29 is 14.7 Å². The van der Waals surface area contributed by atoms with E-state index in [1.165, 1.54) is 25.7 Å². The summed E-state index contributed by atoms with van der Waals surface area (Å²) in [5, 5.41) is 8.57. The topological polar surface area (TPSA) is 54.4 Å². The summed E-state index contributed by atoms with van der Waals surface area (Å²) in [7, 11) is 0. The van der Waals surface area contributed by atoms with E-state index in [2.05, 4.69) is 19.1 Å². The van der Waals surface area contributed by atoms with Gasteiger partial charge in [0, 0.05) is 17.9 Å². The summed E-state index contributed by atoms with van der Waals surface area (Å²) in [6, 6.07) is 0. The van der Waals surface area contributed by atoms with Crippen LogP contribution in [0.5, 0.6) is 0 Å². The lowest BCUT2D eigenvalue weighted by molar-refractivity contribution is -0.137. The smallest absolute Gasteiger partial charge is 0.303 e. The molecular formula is C20H28O3. The number of unbranched alkanes of at least 4 members (excludes halogenated alkanes) is 5. The van der Waals surface area contributed by atoms with E-state index in [-0.39, 0.29) is 18.1 Å². The molecule has 0 aromatic carbocycles. The van der Waals surface area contributed by atoms with Crippen molar-refractivity contribution in [1.82, 2.24) is 0 Å². The van der Waals surface area contributed by atoms with Crippen LogP contribution in [0.25, 0.3) is 0 Å². The van der Waals surface area contributed by atoms with Crippen LogP contribution in [0.3, 0.4) is 0 Å². The number of ketones is 1. The lowest BCUT2D eigenvalue weighted by Crippen LogP contribution is -1.99. The van der Waals surface area contributed by atoms with Crippen LogP contribution < -0.4 is 0 Å². The van der Waals surface area contributed by atoms with Crippen LogP contribution in [0.15, 0.2) is 48.1 Å². The second-order valence-corrected chi connectivity index (χ2v) is 5.86. The standard InChI is InChI=1S/C20H28O3/c1-2-3-4-5-6-9-12-17-15-16-19(21)18(17)13-10-7-8-11-14-20(22)23/h7,9-10,12-13,15-17H,2-6,8,11,14H2,1H3,(H,22,23)/b10-7+,12-9+,18-13-. The number of carboxylic acids is 1. The van der Waals surface area contributed by atoms with Gasteiger partial charge < -0.3 is 5.11 Å². The number of carbonyl (C=O) groups excluding carboxylic acids is 1. The number of hydrogen-bond donors (Lipinski definition) is 1. The Morgan fingerprint density at radius 3 is 2.70 bits per heavy atom. The summed E-state index contributed by atoms with van der Waals surface area (Å²) in [5.74, 6) is -0.616. The molecule has 3 heteroatoms. The molecule has 1 N–H and O–H groups in total.